The molecule has 2 aliphatic rings. The second-order valence-corrected chi connectivity index (χ2v) is 5.77. The summed E-state index contributed by atoms with van der Waals surface area (Å²) < 4.78 is 11.1. The summed E-state index contributed by atoms with van der Waals surface area (Å²) in [6, 6.07) is 0. The van der Waals surface area contributed by atoms with Crippen LogP contribution in [0.1, 0.15) is 47.5 Å². The number of nitrogens with zero attached hydrogens (tertiary/aromatic N) is 1. The maximum atomic E-state index is 12.0. The summed E-state index contributed by atoms with van der Waals surface area (Å²) in [4.78, 5) is 13.7. The lowest BCUT2D eigenvalue weighted by molar-refractivity contribution is -0.0681. The highest BCUT2D eigenvalue weighted by molar-refractivity contribution is 5.68. The van der Waals surface area contributed by atoms with Crippen LogP contribution in [0.15, 0.2) is 0 Å². The fourth-order valence-corrected chi connectivity index (χ4v) is 2.34. The molecule has 0 aromatic carbocycles. The summed E-state index contributed by atoms with van der Waals surface area (Å²) in [7, 11) is 0. The molecule has 0 aromatic rings. The van der Waals surface area contributed by atoms with E-state index in [4.69, 9.17) is 9.47 Å². The lowest BCUT2D eigenvalue weighted by Crippen LogP contribution is -2.56. The van der Waals surface area contributed by atoms with E-state index in [1.807, 2.05) is 34.6 Å². The van der Waals surface area contributed by atoms with E-state index in [0.717, 1.165) is 32.5 Å². The molecule has 2 saturated heterocycles. The molecule has 1 unspecified atom stereocenters. The Bertz CT molecular complexity index is 294. The van der Waals surface area contributed by atoms with Crippen molar-refractivity contribution in [3.63, 3.8) is 0 Å². The first kappa shape index (κ1) is 16.2. The van der Waals surface area contributed by atoms with Gasteiger partial charge >= 0.3 is 6.09 Å². The van der Waals surface area contributed by atoms with E-state index in [1.165, 1.54) is 0 Å². The van der Waals surface area contributed by atoms with Crippen molar-refractivity contribution < 1.29 is 14.3 Å². The molecule has 0 aromatic heterocycles. The lowest BCUT2D eigenvalue weighted by Gasteiger charge is -2.39. The van der Waals surface area contributed by atoms with Gasteiger partial charge in [-0.25, -0.2) is 4.79 Å². The summed E-state index contributed by atoms with van der Waals surface area (Å²) in [6.07, 6.45) is 1.67. The predicted octanol–water partition coefficient (Wildman–Crippen LogP) is 2.36. The minimum Gasteiger partial charge on any atom is -0.444 e. The molecule has 2 fully saturated rings. The van der Waals surface area contributed by atoms with E-state index < -0.39 is 5.60 Å². The van der Waals surface area contributed by atoms with Crippen molar-refractivity contribution >= 4 is 6.09 Å². The highest BCUT2D eigenvalue weighted by Gasteiger charge is 2.41. The second kappa shape index (κ2) is 6.57. The number of hydrogen-bond acceptors (Lipinski definition) is 4. The van der Waals surface area contributed by atoms with Gasteiger partial charge in [0.15, 0.2) is 0 Å². The van der Waals surface area contributed by atoms with Crippen LogP contribution in [0.25, 0.3) is 0 Å². The average Bonchev–Trinajstić information content (AvgIpc) is 2.78. The molecule has 2 rings (SSSR count). The Labute approximate surface area is 116 Å². The number of amides is 1. The standard InChI is InChI=1S/C12H22N2O3.C2H6/c1-11(2,3)17-10(15)14-7-4-5-12(9-14)13-6-8-16-12;1-2/h13H,4-9H2,1-3H3;1-2H3. The minimum atomic E-state index is -0.439. The van der Waals surface area contributed by atoms with Crippen LogP contribution in [0.4, 0.5) is 4.79 Å². The molecule has 0 saturated carbocycles. The molecule has 19 heavy (non-hydrogen) atoms. The smallest absolute Gasteiger partial charge is 0.410 e. The van der Waals surface area contributed by atoms with Crippen LogP contribution in [-0.4, -0.2) is 48.6 Å². The Morgan fingerprint density at radius 2 is 2.05 bits per heavy atom. The van der Waals surface area contributed by atoms with Gasteiger partial charge in [-0.2, -0.15) is 0 Å². The summed E-state index contributed by atoms with van der Waals surface area (Å²) >= 11 is 0. The maximum Gasteiger partial charge on any atom is 0.410 e. The van der Waals surface area contributed by atoms with Crippen molar-refractivity contribution in [1.82, 2.24) is 10.2 Å². The van der Waals surface area contributed by atoms with Gasteiger partial charge in [-0.15, -0.1) is 0 Å². The average molecular weight is 272 g/mol. The summed E-state index contributed by atoms with van der Waals surface area (Å²) in [5, 5.41) is 3.35. The number of carbonyl (C=O) groups is 1. The molecule has 112 valence electrons. The Balaban J connectivity index is 0.000000861. The second-order valence-electron chi connectivity index (χ2n) is 5.77. The number of ether oxygens (including phenoxy) is 2. The van der Waals surface area contributed by atoms with Crippen LogP contribution in [-0.2, 0) is 9.47 Å². The molecule has 0 aliphatic carbocycles. The highest BCUT2D eigenvalue weighted by Crippen LogP contribution is 2.26. The van der Waals surface area contributed by atoms with Gasteiger partial charge in [0.25, 0.3) is 0 Å². The summed E-state index contributed by atoms with van der Waals surface area (Å²) in [5.41, 5.74) is -0.763. The Morgan fingerprint density at radius 3 is 2.58 bits per heavy atom. The van der Waals surface area contributed by atoms with E-state index >= 15 is 0 Å². The number of carbonyl (C=O) groups excluding carboxylic acids is 1. The van der Waals surface area contributed by atoms with Gasteiger partial charge in [0, 0.05) is 13.1 Å². The topological polar surface area (TPSA) is 50.8 Å². The van der Waals surface area contributed by atoms with Crippen molar-refractivity contribution in [2.45, 2.75) is 58.8 Å². The van der Waals surface area contributed by atoms with E-state index in [9.17, 15) is 4.79 Å². The molecule has 1 spiro atoms. The lowest BCUT2D eigenvalue weighted by atomic mass is 10.0. The van der Waals surface area contributed by atoms with Crippen LogP contribution in [0.5, 0.6) is 0 Å². The van der Waals surface area contributed by atoms with Crippen LogP contribution in [0, 0.1) is 0 Å². The fraction of sp³-hybridized carbons (Fsp3) is 0.929. The first-order chi connectivity index (χ1) is 8.90. The van der Waals surface area contributed by atoms with Gasteiger partial charge in [0.1, 0.15) is 11.3 Å². The molecule has 0 bridgehead atoms. The zero-order chi connectivity index (χ0) is 14.5. The van der Waals surface area contributed by atoms with E-state index in [-0.39, 0.29) is 11.8 Å². The van der Waals surface area contributed by atoms with Crippen molar-refractivity contribution in [3.8, 4) is 0 Å². The Hall–Kier alpha value is -0.810. The molecular formula is C14H28N2O3. The molecule has 1 N–H and O–H groups in total. The van der Waals surface area contributed by atoms with Gasteiger partial charge in [-0.3, -0.25) is 5.32 Å². The van der Waals surface area contributed by atoms with Gasteiger partial charge in [-0.1, -0.05) is 13.8 Å². The third-order valence-corrected chi connectivity index (χ3v) is 3.03. The largest absolute Gasteiger partial charge is 0.444 e. The normalized spacial score (nSPS) is 26.9. The van der Waals surface area contributed by atoms with Gasteiger partial charge < -0.3 is 14.4 Å². The molecule has 2 aliphatic heterocycles. The minimum absolute atomic E-state index is 0.242. The Morgan fingerprint density at radius 1 is 1.37 bits per heavy atom. The third-order valence-electron chi connectivity index (χ3n) is 3.03. The Kier molecular flexibility index (Phi) is 5.62. The van der Waals surface area contributed by atoms with E-state index in [0.29, 0.717) is 6.54 Å². The highest BCUT2D eigenvalue weighted by atomic mass is 16.6. The number of piperidine rings is 1. The maximum absolute atomic E-state index is 12.0. The van der Waals surface area contributed by atoms with Crippen LogP contribution >= 0.6 is 0 Å². The van der Waals surface area contributed by atoms with Crippen LogP contribution in [0.3, 0.4) is 0 Å². The first-order valence-corrected chi connectivity index (χ1v) is 7.27. The number of nitrogens with one attached hydrogen (secondary N) is 1. The van der Waals surface area contributed by atoms with Crippen molar-refractivity contribution in [2.24, 2.45) is 0 Å². The number of rotatable bonds is 0. The molecular weight excluding hydrogens is 244 g/mol. The monoisotopic (exact) mass is 272 g/mol. The van der Waals surface area contributed by atoms with Gasteiger partial charge in [0.05, 0.1) is 13.2 Å². The molecule has 5 nitrogen and oxygen atoms in total. The van der Waals surface area contributed by atoms with Crippen molar-refractivity contribution in [2.75, 3.05) is 26.2 Å². The fourth-order valence-electron chi connectivity index (χ4n) is 2.34. The third kappa shape index (κ3) is 4.66. The van der Waals surface area contributed by atoms with Crippen LogP contribution in [0.2, 0.25) is 0 Å². The number of likely N-dealkylation sites (tertiary alicyclic amines) is 1. The molecule has 0 radical (unpaired) electrons. The van der Waals surface area contributed by atoms with E-state index in [1.54, 1.807) is 4.90 Å². The molecule has 2 heterocycles. The van der Waals surface area contributed by atoms with Crippen molar-refractivity contribution in [1.29, 1.82) is 0 Å². The molecule has 1 amide bonds. The molecule has 1 atom stereocenters. The first-order valence-electron chi connectivity index (χ1n) is 7.27. The van der Waals surface area contributed by atoms with Gasteiger partial charge in [-0.05, 0) is 33.6 Å². The quantitative estimate of drug-likeness (QED) is 0.735. The summed E-state index contributed by atoms with van der Waals surface area (Å²) in [5.74, 6) is 0. The summed E-state index contributed by atoms with van der Waals surface area (Å²) in [6.45, 7) is 12.6. The zero-order valence-corrected chi connectivity index (χ0v) is 12.9. The SMILES string of the molecule is CC.CC(C)(C)OC(=O)N1CCCC2(C1)NCCO2. The number of hydrogen-bond donors (Lipinski definition) is 1. The predicted molar refractivity (Wildman–Crippen MR) is 75.1 cm³/mol. The van der Waals surface area contributed by atoms with E-state index in [2.05, 4.69) is 5.32 Å². The van der Waals surface area contributed by atoms with Crippen LogP contribution < -0.4 is 5.32 Å². The molecule has 5 heteroatoms. The zero-order valence-electron chi connectivity index (χ0n) is 12.9. The van der Waals surface area contributed by atoms with Crippen molar-refractivity contribution in [3.05, 3.63) is 0 Å². The van der Waals surface area contributed by atoms with Gasteiger partial charge in [0.2, 0.25) is 0 Å².